The van der Waals surface area contributed by atoms with Gasteiger partial charge in [-0.1, -0.05) is 0 Å². The van der Waals surface area contributed by atoms with Gasteiger partial charge in [0, 0.05) is 25.5 Å². The summed E-state index contributed by atoms with van der Waals surface area (Å²) < 4.78 is 5.50. The largest absolute Gasteiger partial charge is 0.369 e. The first-order valence-corrected chi connectivity index (χ1v) is 4.05. The summed E-state index contributed by atoms with van der Waals surface area (Å²) in [5.74, 6) is 0. The van der Waals surface area contributed by atoms with Gasteiger partial charge in [-0.2, -0.15) is 0 Å². The Labute approximate surface area is 71.0 Å². The third kappa shape index (κ3) is 1.60. The topological polar surface area (TPSA) is 47.0 Å². The average molecular weight is 165 g/mol. The number of nitrogens with one attached hydrogen (secondary N) is 1. The zero-order chi connectivity index (χ0) is 8.23. The Hall–Kier alpha value is -1.00. The molecule has 0 saturated carbocycles. The van der Waals surface area contributed by atoms with Crippen molar-refractivity contribution in [3.05, 3.63) is 24.3 Å². The molecule has 0 amide bonds. The van der Waals surface area contributed by atoms with Gasteiger partial charge >= 0.3 is 0 Å². The fourth-order valence-corrected chi connectivity index (χ4v) is 1.23. The lowest BCUT2D eigenvalue weighted by Crippen LogP contribution is -2.33. The third-order valence-corrected chi connectivity index (χ3v) is 1.84. The average Bonchev–Trinajstić information content (AvgIpc) is 2.21. The van der Waals surface area contributed by atoms with Crippen molar-refractivity contribution in [2.75, 3.05) is 19.7 Å². The van der Waals surface area contributed by atoms with Crippen molar-refractivity contribution >= 4 is 0 Å². The Morgan fingerprint density at radius 1 is 1.50 bits per heavy atom. The molecule has 0 aromatic carbocycles. The molecule has 0 aliphatic carbocycles. The molecule has 1 aromatic heterocycles. The second-order valence-electron chi connectivity index (χ2n) is 2.69. The van der Waals surface area contributed by atoms with Crippen LogP contribution in [0.2, 0.25) is 0 Å². The summed E-state index contributed by atoms with van der Waals surface area (Å²) in [6.07, 6.45) is 5.18. The highest BCUT2D eigenvalue weighted by Gasteiger charge is 2.16. The summed E-state index contributed by atoms with van der Waals surface area (Å²) in [4.78, 5) is 8.16. The van der Waals surface area contributed by atoms with Gasteiger partial charge in [-0.3, -0.25) is 9.97 Å². The van der Waals surface area contributed by atoms with Crippen LogP contribution in [0, 0.1) is 0 Å². The SMILES string of the molecule is c1cnc([C@@H]2CNCCO2)cn1. The number of hydrogen-bond acceptors (Lipinski definition) is 4. The summed E-state index contributed by atoms with van der Waals surface area (Å²) in [6.45, 7) is 2.51. The lowest BCUT2D eigenvalue weighted by Gasteiger charge is -2.22. The monoisotopic (exact) mass is 165 g/mol. The van der Waals surface area contributed by atoms with Gasteiger partial charge < -0.3 is 10.1 Å². The molecule has 0 unspecified atom stereocenters. The molecule has 0 spiro atoms. The van der Waals surface area contributed by atoms with Gasteiger partial charge in [0.2, 0.25) is 0 Å². The van der Waals surface area contributed by atoms with Gasteiger partial charge in [0.25, 0.3) is 0 Å². The van der Waals surface area contributed by atoms with Crippen LogP contribution in [0.25, 0.3) is 0 Å². The minimum Gasteiger partial charge on any atom is -0.369 e. The van der Waals surface area contributed by atoms with E-state index in [1.807, 2.05) is 0 Å². The summed E-state index contributed by atoms with van der Waals surface area (Å²) in [6, 6.07) is 0. The molecule has 1 N–H and O–H groups in total. The van der Waals surface area contributed by atoms with Crippen LogP contribution >= 0.6 is 0 Å². The van der Waals surface area contributed by atoms with Crippen molar-refractivity contribution in [3.63, 3.8) is 0 Å². The smallest absolute Gasteiger partial charge is 0.113 e. The summed E-state index contributed by atoms with van der Waals surface area (Å²) in [7, 11) is 0. The molecule has 0 radical (unpaired) electrons. The summed E-state index contributed by atoms with van der Waals surface area (Å²) in [5.41, 5.74) is 0.907. The number of aromatic nitrogens is 2. The van der Waals surface area contributed by atoms with Gasteiger partial charge in [0.1, 0.15) is 6.10 Å². The number of morpholine rings is 1. The molecule has 1 fully saturated rings. The molecule has 4 heteroatoms. The maximum atomic E-state index is 5.50. The maximum absolute atomic E-state index is 5.50. The minimum absolute atomic E-state index is 0.0763. The Kier molecular flexibility index (Phi) is 2.29. The first kappa shape index (κ1) is 7.64. The molecule has 1 aromatic rings. The van der Waals surface area contributed by atoms with Crippen LogP contribution in [0.15, 0.2) is 18.6 Å². The number of hydrogen-bond donors (Lipinski definition) is 1. The molecule has 2 heterocycles. The molecule has 4 nitrogen and oxygen atoms in total. The van der Waals surface area contributed by atoms with E-state index in [1.54, 1.807) is 18.6 Å². The highest BCUT2D eigenvalue weighted by Crippen LogP contribution is 2.14. The van der Waals surface area contributed by atoms with Crippen LogP contribution in [-0.4, -0.2) is 29.7 Å². The second-order valence-corrected chi connectivity index (χ2v) is 2.69. The summed E-state index contributed by atoms with van der Waals surface area (Å²) in [5, 5.41) is 3.24. The van der Waals surface area contributed by atoms with E-state index in [0.717, 1.165) is 25.4 Å². The molecule has 1 aliphatic heterocycles. The predicted molar refractivity (Wildman–Crippen MR) is 43.6 cm³/mol. The second kappa shape index (κ2) is 3.60. The molecular formula is C8H11N3O. The Morgan fingerprint density at radius 3 is 3.17 bits per heavy atom. The van der Waals surface area contributed by atoms with Crippen molar-refractivity contribution in [2.24, 2.45) is 0 Å². The standard InChI is InChI=1S/C8H11N3O/c1-2-11-7(5-9-1)8-6-10-3-4-12-8/h1-2,5,8,10H,3-4,6H2/t8-/m0/s1. The quantitative estimate of drug-likeness (QED) is 0.643. The third-order valence-electron chi connectivity index (χ3n) is 1.84. The van der Waals surface area contributed by atoms with E-state index in [0.29, 0.717) is 0 Å². The highest BCUT2D eigenvalue weighted by atomic mass is 16.5. The van der Waals surface area contributed by atoms with E-state index in [4.69, 9.17) is 4.74 Å². The lowest BCUT2D eigenvalue weighted by molar-refractivity contribution is 0.0248. The maximum Gasteiger partial charge on any atom is 0.113 e. The van der Waals surface area contributed by atoms with Crippen molar-refractivity contribution in [1.29, 1.82) is 0 Å². The van der Waals surface area contributed by atoms with Crippen molar-refractivity contribution in [2.45, 2.75) is 6.10 Å². The molecule has 0 bridgehead atoms. The Balaban J connectivity index is 2.08. The van der Waals surface area contributed by atoms with E-state index in [9.17, 15) is 0 Å². The molecule has 64 valence electrons. The van der Waals surface area contributed by atoms with Crippen LogP contribution in [0.5, 0.6) is 0 Å². The van der Waals surface area contributed by atoms with E-state index in [1.165, 1.54) is 0 Å². The molecule has 1 saturated heterocycles. The van der Waals surface area contributed by atoms with Crippen molar-refractivity contribution < 1.29 is 4.74 Å². The van der Waals surface area contributed by atoms with Crippen LogP contribution in [0.4, 0.5) is 0 Å². The van der Waals surface area contributed by atoms with E-state index < -0.39 is 0 Å². The van der Waals surface area contributed by atoms with Crippen molar-refractivity contribution in [1.82, 2.24) is 15.3 Å². The van der Waals surface area contributed by atoms with Crippen LogP contribution in [0.3, 0.4) is 0 Å². The number of ether oxygens (including phenoxy) is 1. The van der Waals surface area contributed by atoms with Gasteiger partial charge in [-0.05, 0) is 0 Å². The number of rotatable bonds is 1. The molecule has 1 aliphatic rings. The first-order chi connectivity index (χ1) is 5.97. The van der Waals surface area contributed by atoms with Crippen LogP contribution < -0.4 is 5.32 Å². The van der Waals surface area contributed by atoms with E-state index in [-0.39, 0.29) is 6.10 Å². The predicted octanol–water partition coefficient (Wildman–Crippen LogP) is 0.138. The van der Waals surface area contributed by atoms with Crippen LogP contribution in [0.1, 0.15) is 11.8 Å². The Morgan fingerprint density at radius 2 is 2.50 bits per heavy atom. The summed E-state index contributed by atoms with van der Waals surface area (Å²) >= 11 is 0. The molecule has 1 atom stereocenters. The first-order valence-electron chi connectivity index (χ1n) is 4.05. The van der Waals surface area contributed by atoms with Gasteiger partial charge in [-0.15, -0.1) is 0 Å². The van der Waals surface area contributed by atoms with Crippen molar-refractivity contribution in [3.8, 4) is 0 Å². The molecule has 2 rings (SSSR count). The van der Waals surface area contributed by atoms with Gasteiger partial charge in [0.05, 0.1) is 18.5 Å². The zero-order valence-electron chi connectivity index (χ0n) is 6.73. The minimum atomic E-state index is 0.0763. The highest BCUT2D eigenvalue weighted by molar-refractivity contribution is 5.01. The normalized spacial score (nSPS) is 23.8. The zero-order valence-corrected chi connectivity index (χ0v) is 6.73. The van der Waals surface area contributed by atoms with E-state index >= 15 is 0 Å². The Bertz CT molecular complexity index is 233. The van der Waals surface area contributed by atoms with Crippen LogP contribution in [-0.2, 0) is 4.74 Å². The molecular weight excluding hydrogens is 154 g/mol. The number of nitrogens with zero attached hydrogens (tertiary/aromatic N) is 2. The van der Waals surface area contributed by atoms with Gasteiger partial charge in [-0.25, -0.2) is 0 Å². The van der Waals surface area contributed by atoms with Gasteiger partial charge in [0.15, 0.2) is 0 Å². The van der Waals surface area contributed by atoms with E-state index in [2.05, 4.69) is 15.3 Å². The lowest BCUT2D eigenvalue weighted by atomic mass is 10.2. The fraction of sp³-hybridized carbons (Fsp3) is 0.500. The fourth-order valence-electron chi connectivity index (χ4n) is 1.23. The molecule has 12 heavy (non-hydrogen) atoms.